The van der Waals surface area contributed by atoms with Crippen LogP contribution in [0.5, 0.6) is 0 Å². The molecule has 0 atom stereocenters. The van der Waals surface area contributed by atoms with E-state index in [2.05, 4.69) is 0 Å². The summed E-state index contributed by atoms with van der Waals surface area (Å²) in [5.41, 5.74) is 0.509. The monoisotopic (exact) mass is 260 g/mol. The molecule has 0 amide bonds. The second kappa shape index (κ2) is 7.16. The zero-order valence-electron chi connectivity index (χ0n) is 10.9. The maximum Gasteiger partial charge on any atom is 0.345 e. The summed E-state index contributed by atoms with van der Waals surface area (Å²) in [7, 11) is 0. The Hall–Kier alpha value is -2.36. The minimum atomic E-state index is -0.815. The Morgan fingerprint density at radius 3 is 2.42 bits per heavy atom. The van der Waals surface area contributed by atoms with Gasteiger partial charge in [0, 0.05) is 0 Å². The van der Waals surface area contributed by atoms with Crippen LogP contribution in [0.4, 0.5) is 0 Å². The fourth-order valence-corrected chi connectivity index (χ4v) is 1.45. The highest BCUT2D eigenvalue weighted by atomic mass is 16.5. The van der Waals surface area contributed by atoms with Gasteiger partial charge < -0.3 is 9.84 Å². The molecule has 19 heavy (non-hydrogen) atoms. The van der Waals surface area contributed by atoms with E-state index >= 15 is 0 Å². The second-order valence-electron chi connectivity index (χ2n) is 3.78. The SMILES string of the molecule is CCOC(=O)/C(C(C)=O)=C(O)/C=C/c1ccccc1. The van der Waals surface area contributed by atoms with Gasteiger partial charge in [-0.15, -0.1) is 0 Å². The average Bonchev–Trinajstić information content (AvgIpc) is 2.37. The lowest BCUT2D eigenvalue weighted by atomic mass is 10.1. The van der Waals surface area contributed by atoms with Gasteiger partial charge in [0.1, 0.15) is 11.3 Å². The zero-order valence-corrected chi connectivity index (χ0v) is 10.9. The first-order chi connectivity index (χ1) is 9.06. The third-order valence-corrected chi connectivity index (χ3v) is 2.32. The Labute approximate surface area is 112 Å². The van der Waals surface area contributed by atoms with E-state index in [1.54, 1.807) is 13.0 Å². The molecule has 4 nitrogen and oxygen atoms in total. The molecule has 0 spiro atoms. The van der Waals surface area contributed by atoms with Gasteiger partial charge in [-0.25, -0.2) is 4.79 Å². The number of aliphatic hydroxyl groups is 1. The van der Waals surface area contributed by atoms with Crippen LogP contribution in [0.1, 0.15) is 19.4 Å². The van der Waals surface area contributed by atoms with Gasteiger partial charge in [0.15, 0.2) is 5.78 Å². The first-order valence-electron chi connectivity index (χ1n) is 5.90. The third kappa shape index (κ3) is 4.43. The molecule has 0 aliphatic carbocycles. The minimum absolute atomic E-state index is 0.144. The minimum Gasteiger partial charge on any atom is -0.507 e. The average molecular weight is 260 g/mol. The standard InChI is InChI=1S/C15H16O4/c1-3-19-15(18)14(11(2)16)13(17)10-9-12-7-5-4-6-8-12/h4-10,17H,3H2,1-2H3/b10-9+,14-13-. The fraction of sp³-hybridized carbons (Fsp3) is 0.200. The van der Waals surface area contributed by atoms with Crippen LogP contribution in [0.15, 0.2) is 47.7 Å². The maximum atomic E-state index is 11.5. The molecule has 4 heteroatoms. The lowest BCUT2D eigenvalue weighted by Crippen LogP contribution is -2.15. The van der Waals surface area contributed by atoms with Crippen molar-refractivity contribution in [1.29, 1.82) is 0 Å². The molecule has 0 fully saturated rings. The van der Waals surface area contributed by atoms with E-state index in [0.717, 1.165) is 5.56 Å². The molecule has 1 N–H and O–H groups in total. The van der Waals surface area contributed by atoms with Crippen LogP contribution >= 0.6 is 0 Å². The number of rotatable bonds is 5. The number of Topliss-reactive ketones (excluding diaryl/α,β-unsaturated/α-hetero) is 1. The first kappa shape index (κ1) is 14.7. The maximum absolute atomic E-state index is 11.5. The molecule has 0 radical (unpaired) electrons. The van der Waals surface area contributed by atoms with Gasteiger partial charge in [0.05, 0.1) is 6.61 Å². The number of carbonyl (C=O) groups is 2. The van der Waals surface area contributed by atoms with Crippen molar-refractivity contribution in [3.8, 4) is 0 Å². The summed E-state index contributed by atoms with van der Waals surface area (Å²) in [5, 5.41) is 9.81. The number of aliphatic hydroxyl groups excluding tert-OH is 1. The summed E-state index contributed by atoms with van der Waals surface area (Å²) in [5.74, 6) is -1.74. The van der Waals surface area contributed by atoms with Gasteiger partial charge in [0.25, 0.3) is 0 Å². The molecule has 1 aromatic carbocycles. The first-order valence-corrected chi connectivity index (χ1v) is 5.90. The molecule has 0 saturated carbocycles. The largest absolute Gasteiger partial charge is 0.507 e. The highest BCUT2D eigenvalue weighted by molar-refractivity contribution is 6.17. The smallest absolute Gasteiger partial charge is 0.345 e. The van der Waals surface area contributed by atoms with Crippen LogP contribution in [0.3, 0.4) is 0 Å². The van der Waals surface area contributed by atoms with E-state index in [1.165, 1.54) is 13.0 Å². The lowest BCUT2D eigenvalue weighted by molar-refractivity contribution is -0.140. The van der Waals surface area contributed by atoms with E-state index in [1.807, 2.05) is 30.3 Å². The number of allylic oxidation sites excluding steroid dienone is 1. The second-order valence-corrected chi connectivity index (χ2v) is 3.78. The van der Waals surface area contributed by atoms with Crippen molar-refractivity contribution >= 4 is 17.8 Å². The van der Waals surface area contributed by atoms with Crippen molar-refractivity contribution in [1.82, 2.24) is 0 Å². The summed E-state index contributed by atoms with van der Waals surface area (Å²) >= 11 is 0. The van der Waals surface area contributed by atoms with E-state index in [4.69, 9.17) is 4.74 Å². The number of benzene rings is 1. The molecule has 0 heterocycles. The molecule has 0 bridgehead atoms. The third-order valence-electron chi connectivity index (χ3n) is 2.32. The number of carbonyl (C=O) groups excluding carboxylic acids is 2. The van der Waals surface area contributed by atoms with E-state index in [9.17, 15) is 14.7 Å². The fourth-order valence-electron chi connectivity index (χ4n) is 1.45. The lowest BCUT2D eigenvalue weighted by Gasteiger charge is -2.04. The predicted molar refractivity (Wildman–Crippen MR) is 72.4 cm³/mol. The van der Waals surface area contributed by atoms with Gasteiger partial charge in [-0.05, 0) is 25.5 Å². The molecule has 1 aromatic rings. The molecule has 100 valence electrons. The highest BCUT2D eigenvalue weighted by Crippen LogP contribution is 2.10. The van der Waals surface area contributed by atoms with E-state index in [-0.39, 0.29) is 12.2 Å². The molecule has 0 unspecified atom stereocenters. The number of ether oxygens (including phenoxy) is 1. The van der Waals surface area contributed by atoms with Crippen LogP contribution in [-0.4, -0.2) is 23.5 Å². The van der Waals surface area contributed by atoms with Gasteiger partial charge >= 0.3 is 5.97 Å². The number of ketones is 1. The summed E-state index contributed by atoms with van der Waals surface area (Å²) in [6, 6.07) is 9.23. The molecule has 0 saturated heterocycles. The van der Waals surface area contributed by atoms with E-state index < -0.39 is 17.5 Å². The highest BCUT2D eigenvalue weighted by Gasteiger charge is 2.19. The number of hydrogen-bond acceptors (Lipinski definition) is 4. The van der Waals surface area contributed by atoms with Crippen LogP contribution in [0.2, 0.25) is 0 Å². The van der Waals surface area contributed by atoms with Crippen molar-refractivity contribution in [3.05, 3.63) is 53.3 Å². The molecular formula is C15H16O4. The molecule has 1 rings (SSSR count). The van der Waals surface area contributed by atoms with Crippen molar-refractivity contribution in [2.45, 2.75) is 13.8 Å². The van der Waals surface area contributed by atoms with Gasteiger partial charge in [-0.3, -0.25) is 4.79 Å². The van der Waals surface area contributed by atoms with Crippen molar-refractivity contribution < 1.29 is 19.4 Å². The normalized spacial score (nSPS) is 12.1. The van der Waals surface area contributed by atoms with Crippen molar-refractivity contribution in [2.24, 2.45) is 0 Å². The predicted octanol–water partition coefficient (Wildman–Crippen LogP) is 2.66. The zero-order chi connectivity index (χ0) is 14.3. The van der Waals surface area contributed by atoms with Crippen LogP contribution in [0.25, 0.3) is 6.08 Å². The Bertz CT molecular complexity index is 512. The van der Waals surface area contributed by atoms with Crippen molar-refractivity contribution in [2.75, 3.05) is 6.61 Å². The molecule has 0 aliphatic rings. The van der Waals surface area contributed by atoms with Gasteiger partial charge in [-0.1, -0.05) is 36.4 Å². The van der Waals surface area contributed by atoms with Gasteiger partial charge in [-0.2, -0.15) is 0 Å². The summed E-state index contributed by atoms with van der Waals surface area (Å²) in [4.78, 5) is 22.9. The number of hydrogen-bond donors (Lipinski definition) is 1. The quantitative estimate of drug-likeness (QED) is 0.221. The topological polar surface area (TPSA) is 63.6 Å². The van der Waals surface area contributed by atoms with Crippen LogP contribution in [0, 0.1) is 0 Å². The summed E-state index contributed by atoms with van der Waals surface area (Å²) < 4.78 is 4.73. The summed E-state index contributed by atoms with van der Waals surface area (Å²) in [6.07, 6.45) is 2.92. The molecule has 0 aromatic heterocycles. The van der Waals surface area contributed by atoms with E-state index in [0.29, 0.717) is 0 Å². The Kier molecular flexibility index (Phi) is 5.54. The molecule has 0 aliphatic heterocycles. The Morgan fingerprint density at radius 2 is 1.89 bits per heavy atom. The van der Waals surface area contributed by atoms with Crippen molar-refractivity contribution in [3.63, 3.8) is 0 Å². The van der Waals surface area contributed by atoms with Gasteiger partial charge in [0.2, 0.25) is 0 Å². The number of esters is 1. The van der Waals surface area contributed by atoms with Crippen LogP contribution < -0.4 is 0 Å². The molecular weight excluding hydrogens is 244 g/mol. The van der Waals surface area contributed by atoms with Crippen LogP contribution in [-0.2, 0) is 14.3 Å². The Morgan fingerprint density at radius 1 is 1.26 bits per heavy atom. The Balaban J connectivity index is 3.00. The summed E-state index contributed by atoms with van der Waals surface area (Å²) in [6.45, 7) is 2.98.